The predicted octanol–water partition coefficient (Wildman–Crippen LogP) is 6.10. The van der Waals surface area contributed by atoms with E-state index in [1.165, 1.54) is 4.90 Å². The van der Waals surface area contributed by atoms with E-state index in [-0.39, 0.29) is 11.8 Å². The van der Waals surface area contributed by atoms with Crippen LogP contribution in [0.3, 0.4) is 0 Å². The van der Waals surface area contributed by atoms with Crippen molar-refractivity contribution in [1.82, 2.24) is 9.97 Å². The zero-order valence-electron chi connectivity index (χ0n) is 16.3. The number of ether oxygens (including phenoxy) is 1. The summed E-state index contributed by atoms with van der Waals surface area (Å²) in [6, 6.07) is 7.62. The van der Waals surface area contributed by atoms with Gasteiger partial charge in [-0.15, -0.1) is 0 Å². The number of aromatic nitrogens is 2. The highest BCUT2D eigenvalue weighted by Gasteiger charge is 2.37. The van der Waals surface area contributed by atoms with Crippen LogP contribution in [0.15, 0.2) is 30.5 Å². The second-order valence-corrected chi connectivity index (χ2v) is 7.19. The van der Waals surface area contributed by atoms with E-state index >= 15 is 0 Å². The SMILES string of the molecule is CCCCOc1ncc(C(F)(F)F)c(N(C)c2ccccc2C2CCCC2)n1. The van der Waals surface area contributed by atoms with Gasteiger partial charge in [0.05, 0.1) is 6.61 Å². The summed E-state index contributed by atoms with van der Waals surface area (Å²) in [5, 5.41) is 0. The molecule has 4 nitrogen and oxygen atoms in total. The fraction of sp³-hybridized carbons (Fsp3) is 0.524. The third kappa shape index (κ3) is 4.56. The lowest BCUT2D eigenvalue weighted by Crippen LogP contribution is -2.21. The minimum absolute atomic E-state index is 0.0263. The second-order valence-electron chi connectivity index (χ2n) is 7.19. The monoisotopic (exact) mass is 393 g/mol. The standard InChI is InChI=1S/C21H26F3N3O/c1-3-4-13-28-20-25-14-17(21(22,23)24)19(26-20)27(2)18-12-8-7-11-16(18)15-9-5-6-10-15/h7-8,11-12,14-15H,3-6,9-10,13H2,1-2H3. The summed E-state index contributed by atoms with van der Waals surface area (Å²) >= 11 is 0. The van der Waals surface area contributed by atoms with Gasteiger partial charge in [0.1, 0.15) is 5.56 Å². The van der Waals surface area contributed by atoms with Gasteiger partial charge in [0.2, 0.25) is 0 Å². The van der Waals surface area contributed by atoms with Gasteiger partial charge in [-0.05, 0) is 36.8 Å². The molecule has 28 heavy (non-hydrogen) atoms. The summed E-state index contributed by atoms with van der Waals surface area (Å²) in [6.45, 7) is 2.39. The lowest BCUT2D eigenvalue weighted by Gasteiger charge is -2.26. The summed E-state index contributed by atoms with van der Waals surface area (Å²) in [4.78, 5) is 9.42. The largest absolute Gasteiger partial charge is 0.463 e. The first-order valence-corrected chi connectivity index (χ1v) is 9.81. The van der Waals surface area contributed by atoms with Crippen LogP contribution in [-0.2, 0) is 6.18 Å². The average Bonchev–Trinajstić information content (AvgIpc) is 3.21. The molecule has 0 radical (unpaired) electrons. The van der Waals surface area contributed by atoms with Crippen molar-refractivity contribution >= 4 is 11.5 Å². The van der Waals surface area contributed by atoms with Crippen LogP contribution in [0.1, 0.15) is 62.5 Å². The second kappa shape index (κ2) is 8.80. The molecule has 7 heteroatoms. The Balaban J connectivity index is 1.99. The smallest absolute Gasteiger partial charge is 0.421 e. The summed E-state index contributed by atoms with van der Waals surface area (Å²) in [5.74, 6) is 0.189. The van der Waals surface area contributed by atoms with Crippen molar-refractivity contribution in [3.8, 4) is 6.01 Å². The molecule has 1 saturated carbocycles. The molecule has 0 bridgehead atoms. The first-order chi connectivity index (χ1) is 13.4. The molecule has 2 aromatic rings. The highest BCUT2D eigenvalue weighted by molar-refractivity contribution is 5.66. The van der Waals surface area contributed by atoms with Crippen molar-refractivity contribution in [3.05, 3.63) is 41.6 Å². The predicted molar refractivity (Wildman–Crippen MR) is 103 cm³/mol. The Bertz CT molecular complexity index is 789. The van der Waals surface area contributed by atoms with Crippen LogP contribution >= 0.6 is 0 Å². The van der Waals surface area contributed by atoms with Crippen molar-refractivity contribution < 1.29 is 17.9 Å². The van der Waals surface area contributed by atoms with E-state index < -0.39 is 11.7 Å². The van der Waals surface area contributed by atoms with Gasteiger partial charge in [-0.3, -0.25) is 0 Å². The molecule has 152 valence electrons. The molecule has 0 N–H and O–H groups in total. The Morgan fingerprint density at radius 3 is 2.57 bits per heavy atom. The number of unbranched alkanes of at least 4 members (excludes halogenated alkanes) is 1. The van der Waals surface area contributed by atoms with E-state index in [1.807, 2.05) is 31.2 Å². The van der Waals surface area contributed by atoms with E-state index in [2.05, 4.69) is 9.97 Å². The van der Waals surface area contributed by atoms with E-state index in [4.69, 9.17) is 4.74 Å². The number of hydrogen-bond acceptors (Lipinski definition) is 4. The molecule has 1 heterocycles. The number of rotatable bonds is 7. The van der Waals surface area contributed by atoms with Gasteiger partial charge in [-0.1, -0.05) is 44.4 Å². The Hall–Kier alpha value is -2.31. The third-order valence-electron chi connectivity index (χ3n) is 5.19. The third-order valence-corrected chi connectivity index (χ3v) is 5.19. The molecule has 1 aromatic heterocycles. The summed E-state index contributed by atoms with van der Waals surface area (Å²) < 4.78 is 46.3. The first-order valence-electron chi connectivity index (χ1n) is 9.81. The van der Waals surface area contributed by atoms with Crippen LogP contribution in [-0.4, -0.2) is 23.6 Å². The molecular weight excluding hydrogens is 367 g/mol. The highest BCUT2D eigenvalue weighted by Crippen LogP contribution is 2.42. The number of anilines is 2. The maximum atomic E-state index is 13.6. The van der Waals surface area contributed by atoms with Crippen LogP contribution in [0.5, 0.6) is 6.01 Å². The molecule has 3 rings (SSSR count). The van der Waals surface area contributed by atoms with Crippen molar-refractivity contribution in [2.75, 3.05) is 18.6 Å². The van der Waals surface area contributed by atoms with Crippen LogP contribution < -0.4 is 9.64 Å². The van der Waals surface area contributed by atoms with Crippen LogP contribution in [0.4, 0.5) is 24.7 Å². The molecule has 0 unspecified atom stereocenters. The molecular formula is C21H26F3N3O. The maximum Gasteiger partial charge on any atom is 0.421 e. The zero-order valence-corrected chi connectivity index (χ0v) is 16.3. The molecule has 0 aliphatic heterocycles. The lowest BCUT2D eigenvalue weighted by molar-refractivity contribution is -0.137. The van der Waals surface area contributed by atoms with Gasteiger partial charge in [-0.2, -0.15) is 18.2 Å². The summed E-state index contributed by atoms with van der Waals surface area (Å²) in [7, 11) is 1.63. The van der Waals surface area contributed by atoms with Gasteiger partial charge < -0.3 is 9.64 Å². The Labute approximate surface area is 163 Å². The van der Waals surface area contributed by atoms with Crippen molar-refractivity contribution in [3.63, 3.8) is 0 Å². The molecule has 0 amide bonds. The Kier molecular flexibility index (Phi) is 6.42. The van der Waals surface area contributed by atoms with E-state index in [0.717, 1.165) is 56.0 Å². The summed E-state index contributed by atoms with van der Waals surface area (Å²) in [6.07, 6.45) is 2.41. The zero-order chi connectivity index (χ0) is 20.1. The van der Waals surface area contributed by atoms with Crippen molar-refractivity contribution in [1.29, 1.82) is 0 Å². The average molecular weight is 393 g/mol. The minimum atomic E-state index is -4.55. The van der Waals surface area contributed by atoms with Gasteiger partial charge in [0.25, 0.3) is 0 Å². The fourth-order valence-corrected chi connectivity index (χ4v) is 3.68. The topological polar surface area (TPSA) is 38.2 Å². The molecule has 1 aromatic carbocycles. The van der Waals surface area contributed by atoms with E-state index in [0.29, 0.717) is 12.5 Å². The number of halogens is 3. The summed E-state index contributed by atoms with van der Waals surface area (Å²) in [5.41, 5.74) is 0.958. The Morgan fingerprint density at radius 1 is 1.18 bits per heavy atom. The van der Waals surface area contributed by atoms with Crippen LogP contribution in [0.2, 0.25) is 0 Å². The number of para-hydroxylation sites is 1. The van der Waals surface area contributed by atoms with E-state index in [9.17, 15) is 13.2 Å². The molecule has 1 aliphatic rings. The first kappa shape index (κ1) is 20.4. The molecule has 1 aliphatic carbocycles. The van der Waals surface area contributed by atoms with Crippen molar-refractivity contribution in [2.24, 2.45) is 0 Å². The van der Waals surface area contributed by atoms with E-state index in [1.54, 1.807) is 7.05 Å². The van der Waals surface area contributed by atoms with Gasteiger partial charge in [0, 0.05) is 18.9 Å². The number of nitrogens with zero attached hydrogens (tertiary/aromatic N) is 3. The maximum absolute atomic E-state index is 13.6. The van der Waals surface area contributed by atoms with Gasteiger partial charge >= 0.3 is 12.2 Å². The molecule has 0 saturated heterocycles. The molecule has 0 atom stereocenters. The molecule has 1 fully saturated rings. The van der Waals surface area contributed by atoms with Gasteiger partial charge in [0.15, 0.2) is 5.82 Å². The normalized spacial score (nSPS) is 15.0. The quantitative estimate of drug-likeness (QED) is 0.533. The number of alkyl halides is 3. The number of hydrogen-bond donors (Lipinski definition) is 0. The van der Waals surface area contributed by atoms with Crippen LogP contribution in [0, 0.1) is 0 Å². The van der Waals surface area contributed by atoms with Crippen LogP contribution in [0.25, 0.3) is 0 Å². The molecule has 0 spiro atoms. The van der Waals surface area contributed by atoms with Crippen molar-refractivity contribution in [2.45, 2.75) is 57.5 Å². The lowest BCUT2D eigenvalue weighted by atomic mass is 9.95. The highest BCUT2D eigenvalue weighted by atomic mass is 19.4. The minimum Gasteiger partial charge on any atom is -0.463 e. The number of benzene rings is 1. The van der Waals surface area contributed by atoms with Gasteiger partial charge in [-0.25, -0.2) is 4.98 Å². The fourth-order valence-electron chi connectivity index (χ4n) is 3.68. The Morgan fingerprint density at radius 2 is 1.89 bits per heavy atom.